The number of nitrogens with zero attached hydrogens (tertiary/aromatic N) is 1. The maximum absolute atomic E-state index is 11.9. The van der Waals surface area contributed by atoms with E-state index in [0.29, 0.717) is 11.1 Å². The second kappa shape index (κ2) is 7.31. The highest BCUT2D eigenvalue weighted by Gasteiger charge is 2.20. The van der Waals surface area contributed by atoms with Gasteiger partial charge in [0.1, 0.15) is 6.04 Å². The highest BCUT2D eigenvalue weighted by molar-refractivity contribution is 7.80. The molecular weight excluding hydrogens is 304 g/mol. The minimum Gasteiger partial charge on any atom is -0.623 e. The summed E-state index contributed by atoms with van der Waals surface area (Å²) in [5.74, 6) is -1.63. The van der Waals surface area contributed by atoms with Crippen LogP contribution in [-0.2, 0) is 4.79 Å². The van der Waals surface area contributed by atoms with Crippen LogP contribution in [0.1, 0.15) is 36.7 Å². The molecule has 0 saturated carbocycles. The molecule has 1 rings (SSSR count). The Bertz CT molecular complexity index is 576. The van der Waals surface area contributed by atoms with Crippen LogP contribution in [0, 0.1) is 5.21 Å². The Kier molecular flexibility index (Phi) is 5.99. The summed E-state index contributed by atoms with van der Waals surface area (Å²) in [6.45, 7) is 5.38. The zero-order valence-corrected chi connectivity index (χ0v) is 13.6. The molecule has 6 nitrogen and oxygen atoms in total. The Morgan fingerprint density at radius 3 is 2.32 bits per heavy atom. The molecule has 22 heavy (non-hydrogen) atoms. The molecule has 0 bridgehead atoms. The van der Waals surface area contributed by atoms with Gasteiger partial charge in [-0.25, -0.2) is 9.53 Å². The molecule has 1 aromatic rings. The van der Waals surface area contributed by atoms with Crippen LogP contribution in [0.2, 0.25) is 0 Å². The van der Waals surface area contributed by atoms with E-state index in [9.17, 15) is 14.8 Å². The van der Waals surface area contributed by atoms with Gasteiger partial charge in [0.05, 0.1) is 0 Å². The van der Waals surface area contributed by atoms with Crippen molar-refractivity contribution in [3.63, 3.8) is 0 Å². The van der Waals surface area contributed by atoms with E-state index in [2.05, 4.69) is 17.9 Å². The Balaban J connectivity index is 2.85. The number of thiol groups is 1. The van der Waals surface area contributed by atoms with E-state index in [-0.39, 0.29) is 5.75 Å². The van der Waals surface area contributed by atoms with Crippen LogP contribution >= 0.6 is 12.6 Å². The average molecular weight is 324 g/mol. The molecule has 0 spiro atoms. The van der Waals surface area contributed by atoms with E-state index in [1.165, 1.54) is 18.3 Å². The lowest BCUT2D eigenvalue weighted by atomic mass is 10.1. The maximum atomic E-state index is 11.9. The number of hydrogen-bond donors (Lipinski definition) is 3. The van der Waals surface area contributed by atoms with E-state index in [1.807, 2.05) is 0 Å². The Labute approximate surface area is 134 Å². The van der Waals surface area contributed by atoms with E-state index >= 15 is 0 Å². The smallest absolute Gasteiger partial charge is 0.327 e. The fourth-order valence-electron chi connectivity index (χ4n) is 1.48. The quantitative estimate of drug-likeness (QED) is 0.252. The zero-order chi connectivity index (χ0) is 16.9. The zero-order valence-electron chi connectivity index (χ0n) is 12.7. The topological polar surface area (TPSA) is 92.5 Å². The van der Waals surface area contributed by atoms with E-state index in [0.717, 1.165) is 4.74 Å². The van der Waals surface area contributed by atoms with Crippen molar-refractivity contribution in [3.05, 3.63) is 40.6 Å². The van der Waals surface area contributed by atoms with Crippen molar-refractivity contribution in [2.45, 2.75) is 32.4 Å². The molecule has 2 N–H and O–H groups in total. The number of nitrogens with one attached hydrogen (secondary N) is 1. The van der Waals surface area contributed by atoms with Crippen molar-refractivity contribution < 1.29 is 19.4 Å². The molecule has 0 aliphatic rings. The van der Waals surface area contributed by atoms with Crippen LogP contribution in [-0.4, -0.2) is 45.3 Å². The number of carboxylic acid groups (broad SMARTS) is 1. The van der Waals surface area contributed by atoms with Gasteiger partial charge in [-0.05, 0) is 24.3 Å². The predicted molar refractivity (Wildman–Crippen MR) is 87.7 cm³/mol. The monoisotopic (exact) mass is 324 g/mol. The molecule has 1 unspecified atom stereocenters. The number of carboxylic acids is 1. The van der Waals surface area contributed by atoms with Crippen LogP contribution in [0.3, 0.4) is 0 Å². The largest absolute Gasteiger partial charge is 0.623 e. The summed E-state index contributed by atoms with van der Waals surface area (Å²) in [6, 6.07) is 5.29. The lowest BCUT2D eigenvalue weighted by Gasteiger charge is -2.18. The van der Waals surface area contributed by atoms with Gasteiger partial charge in [-0.2, -0.15) is 12.6 Å². The second-order valence-corrected chi connectivity index (χ2v) is 6.16. The first-order valence-corrected chi connectivity index (χ1v) is 7.34. The number of hydrogen-bond acceptors (Lipinski definition) is 4. The molecular formula is C15H20N2O4S. The molecule has 0 fully saturated rings. The minimum atomic E-state index is -1.14. The molecule has 0 aliphatic carbocycles. The highest BCUT2D eigenvalue weighted by atomic mass is 32.1. The van der Waals surface area contributed by atoms with Gasteiger partial charge in [0, 0.05) is 37.7 Å². The summed E-state index contributed by atoms with van der Waals surface area (Å²) in [6.07, 6.45) is 1.44. The fourth-order valence-corrected chi connectivity index (χ4v) is 1.72. The van der Waals surface area contributed by atoms with Crippen molar-refractivity contribution in [1.29, 1.82) is 0 Å². The molecule has 0 heterocycles. The van der Waals surface area contributed by atoms with Crippen molar-refractivity contribution >= 4 is 30.7 Å². The average Bonchev–Trinajstić information content (AvgIpc) is 2.43. The van der Waals surface area contributed by atoms with Crippen LogP contribution in [0.4, 0.5) is 0 Å². The van der Waals surface area contributed by atoms with Gasteiger partial charge in [0.2, 0.25) is 0 Å². The first-order valence-electron chi connectivity index (χ1n) is 6.71. The van der Waals surface area contributed by atoms with Crippen LogP contribution < -0.4 is 5.32 Å². The summed E-state index contributed by atoms with van der Waals surface area (Å²) in [7, 11) is 0. The van der Waals surface area contributed by atoms with Crippen molar-refractivity contribution in [2.24, 2.45) is 0 Å². The molecule has 1 aromatic carbocycles. The van der Waals surface area contributed by atoms with E-state index < -0.39 is 23.5 Å². The first-order chi connectivity index (χ1) is 10.1. The Hall–Kier alpha value is -2.02. The number of benzene rings is 1. The Morgan fingerprint density at radius 2 is 1.91 bits per heavy atom. The lowest BCUT2D eigenvalue weighted by molar-refractivity contribution is -0.530. The first kappa shape index (κ1) is 18.0. The molecule has 1 atom stereocenters. The summed E-state index contributed by atoms with van der Waals surface area (Å²) in [4.78, 5) is 22.8. The normalized spacial score (nSPS) is 13.5. The van der Waals surface area contributed by atoms with Crippen molar-refractivity contribution in [3.8, 4) is 0 Å². The summed E-state index contributed by atoms with van der Waals surface area (Å²) in [5.41, 5.74) is 0.431. The Morgan fingerprint density at radius 1 is 1.36 bits per heavy atom. The minimum absolute atomic E-state index is 0.00363. The predicted octanol–water partition coefficient (Wildman–Crippen LogP) is 1.53. The van der Waals surface area contributed by atoms with Gasteiger partial charge in [-0.15, -0.1) is 0 Å². The highest BCUT2D eigenvalue weighted by Crippen LogP contribution is 2.08. The molecule has 0 aromatic heterocycles. The number of carbonyl (C=O) groups excluding carboxylic acids is 1. The van der Waals surface area contributed by atoms with Gasteiger partial charge in [-0.3, -0.25) is 4.79 Å². The molecule has 1 amide bonds. The number of hydroxylamine groups is 1. The van der Waals surface area contributed by atoms with Crippen LogP contribution in [0.15, 0.2) is 24.3 Å². The van der Waals surface area contributed by atoms with Gasteiger partial charge < -0.3 is 15.6 Å². The summed E-state index contributed by atoms with van der Waals surface area (Å²) < 4.78 is 0.837. The standard InChI is InChI=1S/C15H20N2O4S/c1-15(2,3)17(21)8-10-4-6-11(7-5-10)13(18)16-12(9-22)14(19)20/h4-8,12,22H,9H2,1-3H3,(H,16,18)(H,19,20)/b17-8+. The van der Waals surface area contributed by atoms with Crippen LogP contribution in [0.25, 0.3) is 0 Å². The van der Waals surface area contributed by atoms with Crippen LogP contribution in [0.5, 0.6) is 0 Å². The van der Waals surface area contributed by atoms with Crippen molar-refractivity contribution in [2.75, 3.05) is 5.75 Å². The molecule has 0 saturated heterocycles. The second-order valence-electron chi connectivity index (χ2n) is 5.79. The fraction of sp³-hybridized carbons (Fsp3) is 0.400. The molecule has 0 aliphatic heterocycles. The molecule has 120 valence electrons. The van der Waals surface area contributed by atoms with Gasteiger partial charge in [0.25, 0.3) is 5.91 Å². The third kappa shape index (κ3) is 5.07. The third-order valence-electron chi connectivity index (χ3n) is 2.89. The maximum Gasteiger partial charge on any atom is 0.327 e. The number of amides is 1. The number of carbonyl (C=O) groups is 2. The number of rotatable bonds is 5. The molecule has 7 heteroatoms. The third-order valence-corrected chi connectivity index (χ3v) is 3.25. The van der Waals surface area contributed by atoms with Gasteiger partial charge in [0.15, 0.2) is 11.8 Å². The molecule has 0 radical (unpaired) electrons. The number of aliphatic carboxylic acids is 1. The van der Waals surface area contributed by atoms with Gasteiger partial charge in [-0.1, -0.05) is 0 Å². The summed E-state index contributed by atoms with van der Waals surface area (Å²) in [5, 5.41) is 23.1. The van der Waals surface area contributed by atoms with Gasteiger partial charge >= 0.3 is 5.97 Å². The van der Waals surface area contributed by atoms with E-state index in [4.69, 9.17) is 5.11 Å². The van der Waals surface area contributed by atoms with E-state index in [1.54, 1.807) is 32.9 Å². The summed E-state index contributed by atoms with van der Waals surface area (Å²) >= 11 is 3.88. The lowest BCUT2D eigenvalue weighted by Crippen LogP contribution is -2.42. The van der Waals surface area contributed by atoms with Crippen molar-refractivity contribution in [1.82, 2.24) is 5.32 Å². The SMILES string of the molecule is CC(C)(C)/[N+]([O-])=C\c1ccc(C(=O)NC(CS)C(=O)O)cc1.